The highest BCUT2D eigenvalue weighted by molar-refractivity contribution is 7.19. The van der Waals surface area contributed by atoms with Gasteiger partial charge in [0.1, 0.15) is 11.1 Å². The Kier molecular flexibility index (Phi) is 5.09. The number of hydrogen-bond donors (Lipinski definition) is 0. The first-order chi connectivity index (χ1) is 12.2. The third-order valence-corrected chi connectivity index (χ3v) is 4.92. The molecular weight excluding hydrogens is 328 g/mol. The van der Waals surface area contributed by atoms with Crippen LogP contribution < -0.4 is 4.90 Å². The molecule has 0 atom stereocenters. The maximum Gasteiger partial charge on any atom is 0.135 e. The topological polar surface area (TPSA) is 63.7 Å². The number of nitrogens with zero attached hydrogens (tertiary/aromatic N) is 4. The Morgan fingerprint density at radius 2 is 1.92 bits per heavy atom. The summed E-state index contributed by atoms with van der Waals surface area (Å²) in [5.74, 6) is 0. The van der Waals surface area contributed by atoms with E-state index in [1.807, 2.05) is 66.6 Å². The summed E-state index contributed by atoms with van der Waals surface area (Å²) in [5.41, 5.74) is 3.48. The van der Waals surface area contributed by atoms with E-state index >= 15 is 0 Å². The smallest absolute Gasteiger partial charge is 0.135 e. The third kappa shape index (κ3) is 3.85. The number of allylic oxidation sites excluding steroid dienone is 1. The van der Waals surface area contributed by atoms with Crippen molar-refractivity contribution in [3.63, 3.8) is 0 Å². The van der Waals surface area contributed by atoms with Crippen LogP contribution in [0.25, 0.3) is 21.9 Å². The predicted molar refractivity (Wildman–Crippen MR) is 103 cm³/mol. The van der Waals surface area contributed by atoms with E-state index in [2.05, 4.69) is 17.1 Å². The van der Waals surface area contributed by atoms with Gasteiger partial charge in [0.15, 0.2) is 0 Å². The van der Waals surface area contributed by atoms with Crippen molar-refractivity contribution in [2.45, 2.75) is 6.42 Å². The number of benzene rings is 2. The van der Waals surface area contributed by atoms with E-state index in [-0.39, 0.29) is 0 Å². The maximum atomic E-state index is 9.52. The lowest BCUT2D eigenvalue weighted by atomic mass is 10.1. The van der Waals surface area contributed by atoms with Crippen molar-refractivity contribution in [1.29, 1.82) is 10.5 Å². The minimum Gasteiger partial charge on any atom is -0.374 e. The molecule has 0 saturated heterocycles. The van der Waals surface area contributed by atoms with Gasteiger partial charge in [0, 0.05) is 19.3 Å². The lowest BCUT2D eigenvalue weighted by molar-refractivity contribution is 0.905. The van der Waals surface area contributed by atoms with Crippen LogP contribution in [0.3, 0.4) is 0 Å². The highest BCUT2D eigenvalue weighted by atomic mass is 32.1. The van der Waals surface area contributed by atoms with Crippen molar-refractivity contribution in [3.8, 4) is 12.1 Å². The van der Waals surface area contributed by atoms with E-state index in [0.29, 0.717) is 18.5 Å². The summed E-state index contributed by atoms with van der Waals surface area (Å²) in [6.45, 7) is 0.695. The first-order valence-electron chi connectivity index (χ1n) is 7.87. The van der Waals surface area contributed by atoms with E-state index in [1.54, 1.807) is 0 Å². The third-order valence-electron chi connectivity index (χ3n) is 3.85. The molecule has 0 radical (unpaired) electrons. The number of thiazole rings is 1. The number of para-hydroxylation sites is 1. The van der Waals surface area contributed by atoms with E-state index in [9.17, 15) is 5.26 Å². The second-order valence-electron chi connectivity index (χ2n) is 5.58. The molecule has 0 aliphatic heterocycles. The predicted octanol–water partition coefficient (Wildman–Crippen LogP) is 4.71. The monoisotopic (exact) mass is 344 g/mol. The number of rotatable bonds is 5. The minimum atomic E-state index is 0.494. The fraction of sp³-hybridized carbons (Fsp3) is 0.150. The van der Waals surface area contributed by atoms with Gasteiger partial charge >= 0.3 is 0 Å². The van der Waals surface area contributed by atoms with E-state index in [0.717, 1.165) is 26.5 Å². The van der Waals surface area contributed by atoms with Crippen LogP contribution in [0.5, 0.6) is 0 Å². The molecule has 4 nitrogen and oxygen atoms in total. The zero-order valence-corrected chi connectivity index (χ0v) is 14.6. The maximum absolute atomic E-state index is 9.52. The van der Waals surface area contributed by atoms with Gasteiger partial charge in [0.05, 0.1) is 28.3 Å². The van der Waals surface area contributed by atoms with Gasteiger partial charge in [-0.3, -0.25) is 0 Å². The van der Waals surface area contributed by atoms with Gasteiger partial charge in [-0.15, -0.1) is 11.3 Å². The molecule has 0 N–H and O–H groups in total. The molecule has 0 spiro atoms. The van der Waals surface area contributed by atoms with Crippen LogP contribution >= 0.6 is 11.3 Å². The number of fused-ring (bicyclic) bond motifs is 1. The molecule has 1 aromatic heterocycles. The number of aromatic nitrogens is 1. The second-order valence-corrected chi connectivity index (χ2v) is 6.61. The molecule has 5 heteroatoms. The standard InChI is InChI=1S/C20H16N4S/c1-24(12-4-11-21)17-9-7-15(8-10-17)13-16(14-22)20-23-18-5-2-3-6-19(18)25-20/h2-3,5-10,13H,4,12H2,1H3. The first kappa shape index (κ1) is 16.7. The van der Waals surface area contributed by atoms with Crippen LogP contribution in [0, 0.1) is 22.7 Å². The van der Waals surface area contributed by atoms with Crippen LogP contribution in [0.15, 0.2) is 48.5 Å². The molecule has 3 aromatic rings. The molecule has 0 aliphatic rings. The van der Waals surface area contributed by atoms with Crippen molar-refractivity contribution >= 4 is 38.9 Å². The average Bonchev–Trinajstić information content (AvgIpc) is 3.08. The van der Waals surface area contributed by atoms with Crippen LogP contribution in [0.1, 0.15) is 17.0 Å². The molecule has 0 saturated carbocycles. The Morgan fingerprint density at radius 1 is 1.16 bits per heavy atom. The van der Waals surface area contributed by atoms with E-state index in [4.69, 9.17) is 5.26 Å². The molecular formula is C20H16N4S. The number of hydrogen-bond acceptors (Lipinski definition) is 5. The average molecular weight is 344 g/mol. The lowest BCUT2D eigenvalue weighted by Crippen LogP contribution is -2.17. The van der Waals surface area contributed by atoms with Crippen LogP contribution in [0.2, 0.25) is 0 Å². The molecule has 0 amide bonds. The fourth-order valence-electron chi connectivity index (χ4n) is 2.47. The number of nitriles is 2. The normalized spacial score (nSPS) is 11.1. The first-order valence-corrected chi connectivity index (χ1v) is 8.69. The summed E-state index contributed by atoms with van der Waals surface area (Å²) in [6, 6.07) is 20.2. The van der Waals surface area contributed by atoms with Gasteiger partial charge in [-0.2, -0.15) is 10.5 Å². The molecule has 2 aromatic carbocycles. The molecule has 0 fully saturated rings. The van der Waals surface area contributed by atoms with Crippen molar-refractivity contribution in [2.24, 2.45) is 0 Å². The molecule has 122 valence electrons. The minimum absolute atomic E-state index is 0.494. The van der Waals surface area contributed by atoms with Crippen LogP contribution in [-0.4, -0.2) is 18.6 Å². The van der Waals surface area contributed by atoms with Crippen molar-refractivity contribution < 1.29 is 0 Å². The second kappa shape index (κ2) is 7.61. The zero-order chi connectivity index (χ0) is 17.6. The Balaban J connectivity index is 1.85. The van der Waals surface area contributed by atoms with Crippen molar-refractivity contribution in [1.82, 2.24) is 4.98 Å². The summed E-state index contributed by atoms with van der Waals surface area (Å²) in [7, 11) is 1.96. The van der Waals surface area contributed by atoms with Gasteiger partial charge < -0.3 is 4.90 Å². The Bertz CT molecular complexity index is 954. The lowest BCUT2D eigenvalue weighted by Gasteiger charge is -2.17. The summed E-state index contributed by atoms with van der Waals surface area (Å²) in [4.78, 5) is 6.59. The Labute approximate surface area is 150 Å². The molecule has 1 heterocycles. The van der Waals surface area contributed by atoms with Crippen molar-refractivity contribution in [2.75, 3.05) is 18.5 Å². The van der Waals surface area contributed by atoms with Gasteiger partial charge in [-0.05, 0) is 35.9 Å². The van der Waals surface area contributed by atoms with Crippen LogP contribution in [-0.2, 0) is 0 Å². The highest BCUT2D eigenvalue weighted by Crippen LogP contribution is 2.28. The quantitative estimate of drug-likeness (QED) is 0.629. The SMILES string of the molecule is CN(CCC#N)c1ccc(C=C(C#N)c2nc3ccccc3s2)cc1. The summed E-state index contributed by atoms with van der Waals surface area (Å²) >= 11 is 1.53. The molecule has 3 rings (SSSR count). The molecule has 25 heavy (non-hydrogen) atoms. The largest absolute Gasteiger partial charge is 0.374 e. The summed E-state index contributed by atoms with van der Waals surface area (Å²) in [5, 5.41) is 18.9. The Morgan fingerprint density at radius 3 is 2.60 bits per heavy atom. The zero-order valence-electron chi connectivity index (χ0n) is 13.8. The van der Waals surface area contributed by atoms with Gasteiger partial charge in [-0.25, -0.2) is 4.98 Å². The summed E-state index contributed by atoms with van der Waals surface area (Å²) in [6.07, 6.45) is 2.35. The fourth-order valence-corrected chi connectivity index (χ4v) is 3.40. The van der Waals surface area contributed by atoms with Gasteiger partial charge in [-0.1, -0.05) is 24.3 Å². The van der Waals surface area contributed by atoms with E-state index < -0.39 is 0 Å². The van der Waals surface area contributed by atoms with E-state index in [1.165, 1.54) is 11.3 Å². The van der Waals surface area contributed by atoms with Gasteiger partial charge in [0.2, 0.25) is 0 Å². The van der Waals surface area contributed by atoms with Gasteiger partial charge in [0.25, 0.3) is 0 Å². The Hall–Kier alpha value is -3.15. The number of anilines is 1. The molecule has 0 unspecified atom stereocenters. The summed E-state index contributed by atoms with van der Waals surface area (Å²) < 4.78 is 1.08. The van der Waals surface area contributed by atoms with Crippen molar-refractivity contribution in [3.05, 3.63) is 59.1 Å². The highest BCUT2D eigenvalue weighted by Gasteiger charge is 2.08. The van der Waals surface area contributed by atoms with Crippen LogP contribution in [0.4, 0.5) is 5.69 Å². The molecule has 0 aliphatic carbocycles. The molecule has 0 bridgehead atoms.